The standard InChI is InChI=1S/C18H18N4O/c1-13-19-17(21-14-6-4-3-5-7-14)12-18(20-13)22-15-8-10-16(23-2)11-9-15/h3-12H,1-2H3,(H2,19,20,21,22). The molecular formula is C18H18N4O. The highest BCUT2D eigenvalue weighted by atomic mass is 16.5. The van der Waals surface area contributed by atoms with E-state index in [9.17, 15) is 0 Å². The Labute approximate surface area is 135 Å². The number of nitrogens with one attached hydrogen (secondary N) is 2. The monoisotopic (exact) mass is 306 g/mol. The van der Waals surface area contributed by atoms with Crippen molar-refractivity contribution in [2.75, 3.05) is 17.7 Å². The number of nitrogens with zero attached hydrogens (tertiary/aromatic N) is 2. The summed E-state index contributed by atoms with van der Waals surface area (Å²) in [5.41, 5.74) is 1.93. The van der Waals surface area contributed by atoms with Crippen LogP contribution in [0.4, 0.5) is 23.0 Å². The Balaban J connectivity index is 1.79. The smallest absolute Gasteiger partial charge is 0.136 e. The number of anilines is 4. The van der Waals surface area contributed by atoms with Crippen LogP contribution >= 0.6 is 0 Å². The average molecular weight is 306 g/mol. The fraction of sp³-hybridized carbons (Fsp3) is 0.111. The molecule has 0 amide bonds. The SMILES string of the molecule is COc1ccc(Nc2cc(Nc3ccccc3)nc(C)n2)cc1. The van der Waals surface area contributed by atoms with Gasteiger partial charge in [0.1, 0.15) is 23.2 Å². The van der Waals surface area contributed by atoms with Crippen molar-refractivity contribution in [2.24, 2.45) is 0 Å². The number of aryl methyl sites for hydroxylation is 1. The molecule has 0 bridgehead atoms. The molecule has 0 radical (unpaired) electrons. The molecule has 0 fully saturated rings. The lowest BCUT2D eigenvalue weighted by atomic mass is 10.3. The predicted molar refractivity (Wildman–Crippen MR) is 92.8 cm³/mol. The molecule has 23 heavy (non-hydrogen) atoms. The van der Waals surface area contributed by atoms with Crippen LogP contribution in [0.1, 0.15) is 5.82 Å². The van der Waals surface area contributed by atoms with Crippen molar-refractivity contribution < 1.29 is 4.74 Å². The summed E-state index contributed by atoms with van der Waals surface area (Å²) in [5.74, 6) is 3.00. The van der Waals surface area contributed by atoms with Crippen molar-refractivity contribution in [3.63, 3.8) is 0 Å². The maximum absolute atomic E-state index is 5.16. The van der Waals surface area contributed by atoms with E-state index in [1.165, 1.54) is 0 Å². The molecule has 5 nitrogen and oxygen atoms in total. The molecule has 0 atom stereocenters. The largest absolute Gasteiger partial charge is 0.497 e. The van der Waals surface area contributed by atoms with Gasteiger partial charge in [-0.25, -0.2) is 9.97 Å². The predicted octanol–water partition coefficient (Wildman–Crippen LogP) is 4.28. The Morgan fingerprint density at radius 1 is 0.783 bits per heavy atom. The lowest BCUT2D eigenvalue weighted by Crippen LogP contribution is -2.01. The first-order valence-electron chi connectivity index (χ1n) is 7.32. The number of aromatic nitrogens is 2. The zero-order valence-electron chi connectivity index (χ0n) is 13.1. The molecule has 2 N–H and O–H groups in total. The molecule has 0 saturated carbocycles. The first-order chi connectivity index (χ1) is 11.2. The zero-order valence-corrected chi connectivity index (χ0v) is 13.1. The third-order valence-corrected chi connectivity index (χ3v) is 3.25. The third-order valence-electron chi connectivity index (χ3n) is 3.25. The summed E-state index contributed by atoms with van der Waals surface area (Å²) in [4.78, 5) is 8.84. The quantitative estimate of drug-likeness (QED) is 0.736. The Kier molecular flexibility index (Phi) is 4.38. The van der Waals surface area contributed by atoms with Gasteiger partial charge in [-0.15, -0.1) is 0 Å². The summed E-state index contributed by atoms with van der Waals surface area (Å²) in [5, 5.41) is 6.55. The maximum atomic E-state index is 5.16. The number of hydrogen-bond donors (Lipinski definition) is 2. The highest BCUT2D eigenvalue weighted by Crippen LogP contribution is 2.21. The van der Waals surface area contributed by atoms with Gasteiger partial charge in [0, 0.05) is 17.4 Å². The van der Waals surface area contributed by atoms with Gasteiger partial charge in [-0.05, 0) is 43.3 Å². The van der Waals surface area contributed by atoms with Gasteiger partial charge in [0.05, 0.1) is 7.11 Å². The average Bonchev–Trinajstić information content (AvgIpc) is 2.56. The van der Waals surface area contributed by atoms with Crippen LogP contribution in [0.3, 0.4) is 0 Å². The lowest BCUT2D eigenvalue weighted by Gasteiger charge is -2.10. The van der Waals surface area contributed by atoms with Crippen LogP contribution in [0.5, 0.6) is 5.75 Å². The van der Waals surface area contributed by atoms with Gasteiger partial charge in [-0.1, -0.05) is 18.2 Å². The fourth-order valence-corrected chi connectivity index (χ4v) is 2.19. The summed E-state index contributed by atoms with van der Waals surface area (Å²) in [7, 11) is 1.65. The van der Waals surface area contributed by atoms with Crippen molar-refractivity contribution in [2.45, 2.75) is 6.92 Å². The highest BCUT2D eigenvalue weighted by molar-refractivity contribution is 5.63. The molecule has 1 heterocycles. The molecule has 1 aromatic heterocycles. The Morgan fingerprint density at radius 2 is 1.35 bits per heavy atom. The van der Waals surface area contributed by atoms with E-state index in [1.807, 2.05) is 67.6 Å². The van der Waals surface area contributed by atoms with Crippen LogP contribution in [0, 0.1) is 6.92 Å². The summed E-state index contributed by atoms with van der Waals surface area (Å²) in [6.07, 6.45) is 0. The van der Waals surface area contributed by atoms with E-state index in [2.05, 4.69) is 20.6 Å². The van der Waals surface area contributed by atoms with Crippen LogP contribution < -0.4 is 15.4 Å². The van der Waals surface area contributed by atoms with Crippen molar-refractivity contribution in [1.82, 2.24) is 9.97 Å². The molecule has 2 aromatic carbocycles. The third kappa shape index (κ3) is 3.97. The number of ether oxygens (including phenoxy) is 1. The van der Waals surface area contributed by atoms with Gasteiger partial charge in [0.25, 0.3) is 0 Å². The van der Waals surface area contributed by atoms with E-state index in [0.717, 1.165) is 28.8 Å². The molecule has 0 unspecified atom stereocenters. The van der Waals surface area contributed by atoms with E-state index in [4.69, 9.17) is 4.74 Å². The van der Waals surface area contributed by atoms with Gasteiger partial charge in [-0.3, -0.25) is 0 Å². The second-order valence-corrected chi connectivity index (χ2v) is 5.03. The van der Waals surface area contributed by atoms with Crippen LogP contribution in [-0.2, 0) is 0 Å². The maximum Gasteiger partial charge on any atom is 0.136 e. The Morgan fingerprint density at radius 3 is 1.91 bits per heavy atom. The molecule has 0 aliphatic rings. The lowest BCUT2D eigenvalue weighted by molar-refractivity contribution is 0.415. The van der Waals surface area contributed by atoms with Crippen molar-refractivity contribution in [3.8, 4) is 5.75 Å². The first-order valence-corrected chi connectivity index (χ1v) is 7.32. The van der Waals surface area contributed by atoms with E-state index < -0.39 is 0 Å². The van der Waals surface area contributed by atoms with Crippen molar-refractivity contribution >= 4 is 23.0 Å². The molecule has 5 heteroatoms. The minimum Gasteiger partial charge on any atom is -0.497 e. The molecule has 0 saturated heterocycles. The van der Waals surface area contributed by atoms with Crippen molar-refractivity contribution in [3.05, 3.63) is 66.5 Å². The Bertz CT molecular complexity index is 773. The molecule has 116 valence electrons. The van der Waals surface area contributed by atoms with Crippen LogP contribution in [0.25, 0.3) is 0 Å². The second-order valence-electron chi connectivity index (χ2n) is 5.03. The van der Waals surface area contributed by atoms with E-state index in [0.29, 0.717) is 5.82 Å². The van der Waals surface area contributed by atoms with E-state index in [1.54, 1.807) is 7.11 Å². The Hall–Kier alpha value is -3.08. The summed E-state index contributed by atoms with van der Waals surface area (Å²) in [6.45, 7) is 1.87. The van der Waals surface area contributed by atoms with E-state index in [-0.39, 0.29) is 0 Å². The number of hydrogen-bond acceptors (Lipinski definition) is 5. The fourth-order valence-electron chi connectivity index (χ4n) is 2.19. The van der Waals surface area contributed by atoms with Gasteiger partial charge < -0.3 is 15.4 Å². The normalized spacial score (nSPS) is 10.2. The van der Waals surface area contributed by atoms with Crippen molar-refractivity contribution in [1.29, 1.82) is 0 Å². The molecule has 0 aliphatic carbocycles. The number of rotatable bonds is 5. The zero-order chi connectivity index (χ0) is 16.1. The van der Waals surface area contributed by atoms with E-state index >= 15 is 0 Å². The van der Waals surface area contributed by atoms with Gasteiger partial charge >= 0.3 is 0 Å². The molecule has 0 aliphatic heterocycles. The van der Waals surface area contributed by atoms with Gasteiger partial charge in [0.15, 0.2) is 0 Å². The second kappa shape index (κ2) is 6.79. The molecule has 3 aromatic rings. The molecule has 3 rings (SSSR count). The van der Waals surface area contributed by atoms with Crippen LogP contribution in [-0.4, -0.2) is 17.1 Å². The number of benzene rings is 2. The summed E-state index contributed by atoms with van der Waals surface area (Å²) < 4.78 is 5.16. The molecule has 0 spiro atoms. The first kappa shape index (κ1) is 14.8. The topological polar surface area (TPSA) is 59.1 Å². The molecular weight excluding hydrogens is 288 g/mol. The minimum atomic E-state index is 0.696. The van der Waals surface area contributed by atoms with Gasteiger partial charge in [-0.2, -0.15) is 0 Å². The minimum absolute atomic E-state index is 0.696. The summed E-state index contributed by atoms with van der Waals surface area (Å²) >= 11 is 0. The summed E-state index contributed by atoms with van der Waals surface area (Å²) in [6, 6.07) is 19.5. The van der Waals surface area contributed by atoms with Crippen LogP contribution in [0.2, 0.25) is 0 Å². The van der Waals surface area contributed by atoms with Crippen LogP contribution in [0.15, 0.2) is 60.7 Å². The van der Waals surface area contributed by atoms with Gasteiger partial charge in [0.2, 0.25) is 0 Å². The highest BCUT2D eigenvalue weighted by Gasteiger charge is 2.03. The number of para-hydroxylation sites is 1. The number of methoxy groups -OCH3 is 1.